The maximum Gasteiger partial charge on any atom is 0.107 e. The third-order valence-corrected chi connectivity index (χ3v) is 2.31. The van der Waals surface area contributed by atoms with Crippen LogP contribution in [0.5, 0.6) is 0 Å². The molecule has 0 aliphatic carbocycles. The first kappa shape index (κ1) is 15.6. The van der Waals surface area contributed by atoms with Crippen molar-refractivity contribution in [1.82, 2.24) is 10.2 Å². The maximum absolute atomic E-state index is 6.94. The smallest absolute Gasteiger partial charge is 0.107 e. The monoisotopic (exact) mass is 236 g/mol. The van der Waals surface area contributed by atoms with Crippen molar-refractivity contribution in [2.24, 2.45) is 4.99 Å². The first-order valence-electron chi connectivity index (χ1n) is 5.94. The highest BCUT2D eigenvalue weighted by atomic mass is 15.1. The average molecular weight is 236 g/mol. The standard InChI is InChI=1S/C13H24N4/c1-5-7-13(16-11-14)8-9-15-12(3)10-17(4)6-2/h5,7-9,11-12,14-15H,6,10H2,1-4H3/b7-5-,9-8+,14-11?,16-13-. The van der Waals surface area contributed by atoms with Crippen LogP contribution in [0.15, 0.2) is 29.4 Å². The summed E-state index contributed by atoms with van der Waals surface area (Å²) in [7, 11) is 2.10. The number of hydrogen-bond donors (Lipinski definition) is 2. The summed E-state index contributed by atoms with van der Waals surface area (Å²) < 4.78 is 0. The maximum atomic E-state index is 6.94. The Morgan fingerprint density at radius 1 is 1.47 bits per heavy atom. The average Bonchev–Trinajstić information content (AvgIpc) is 2.29. The van der Waals surface area contributed by atoms with Gasteiger partial charge in [-0.2, -0.15) is 0 Å². The van der Waals surface area contributed by atoms with Gasteiger partial charge in [-0.25, -0.2) is 4.99 Å². The van der Waals surface area contributed by atoms with Crippen LogP contribution in [0, 0.1) is 5.41 Å². The van der Waals surface area contributed by atoms with E-state index in [1.165, 1.54) is 0 Å². The van der Waals surface area contributed by atoms with E-state index < -0.39 is 0 Å². The van der Waals surface area contributed by atoms with Crippen molar-refractivity contribution in [2.45, 2.75) is 26.8 Å². The van der Waals surface area contributed by atoms with Crippen LogP contribution in [0.2, 0.25) is 0 Å². The molecule has 96 valence electrons. The summed E-state index contributed by atoms with van der Waals surface area (Å²) in [6.45, 7) is 8.26. The van der Waals surface area contributed by atoms with E-state index in [-0.39, 0.29) is 0 Å². The fraction of sp³-hybridized carbons (Fsp3) is 0.538. The summed E-state index contributed by atoms with van der Waals surface area (Å²) in [5, 5.41) is 10.2. The Bertz CT molecular complexity index is 292. The van der Waals surface area contributed by atoms with Crippen LogP contribution in [0.25, 0.3) is 0 Å². The Morgan fingerprint density at radius 2 is 2.18 bits per heavy atom. The molecule has 0 aliphatic heterocycles. The second-order valence-corrected chi connectivity index (χ2v) is 3.94. The molecule has 0 aromatic carbocycles. The van der Waals surface area contributed by atoms with Gasteiger partial charge in [0.15, 0.2) is 0 Å². The fourth-order valence-corrected chi connectivity index (χ4v) is 1.33. The Labute approximate surface area is 105 Å². The molecule has 0 rings (SSSR count). The molecule has 0 saturated heterocycles. The molecular formula is C13H24N4. The SMILES string of the molecule is C\C=C/C(/C=C/NC(C)CN(C)CC)=N/C=N. The van der Waals surface area contributed by atoms with E-state index in [0.29, 0.717) is 6.04 Å². The highest BCUT2D eigenvalue weighted by molar-refractivity contribution is 6.06. The van der Waals surface area contributed by atoms with Gasteiger partial charge in [-0.1, -0.05) is 13.0 Å². The second-order valence-electron chi connectivity index (χ2n) is 3.94. The summed E-state index contributed by atoms with van der Waals surface area (Å²) in [4.78, 5) is 6.18. The van der Waals surface area contributed by atoms with Crippen LogP contribution >= 0.6 is 0 Å². The predicted molar refractivity (Wildman–Crippen MR) is 75.9 cm³/mol. The van der Waals surface area contributed by atoms with Crippen molar-refractivity contribution in [3.05, 3.63) is 24.4 Å². The third-order valence-electron chi connectivity index (χ3n) is 2.31. The molecule has 4 nitrogen and oxygen atoms in total. The molecular weight excluding hydrogens is 212 g/mol. The predicted octanol–water partition coefficient (Wildman–Crippen LogP) is 2.05. The van der Waals surface area contributed by atoms with Crippen LogP contribution in [0.4, 0.5) is 0 Å². The van der Waals surface area contributed by atoms with Crippen molar-refractivity contribution in [2.75, 3.05) is 20.1 Å². The number of hydrogen-bond acceptors (Lipinski definition) is 3. The van der Waals surface area contributed by atoms with Gasteiger partial charge in [0, 0.05) is 12.6 Å². The van der Waals surface area contributed by atoms with Gasteiger partial charge in [0.2, 0.25) is 0 Å². The number of aliphatic imine (C=N–C) groups is 1. The summed E-state index contributed by atoms with van der Waals surface area (Å²) >= 11 is 0. The summed E-state index contributed by atoms with van der Waals surface area (Å²) in [6.07, 6.45) is 8.57. The molecule has 2 N–H and O–H groups in total. The molecule has 4 heteroatoms. The minimum absolute atomic E-state index is 0.392. The first-order valence-corrected chi connectivity index (χ1v) is 5.94. The van der Waals surface area contributed by atoms with E-state index in [4.69, 9.17) is 5.41 Å². The molecule has 0 fully saturated rings. The number of likely N-dealkylation sites (N-methyl/N-ethyl adjacent to an activating group) is 1. The highest BCUT2D eigenvalue weighted by Gasteiger charge is 2.01. The molecule has 0 saturated carbocycles. The number of allylic oxidation sites excluding steroid dienone is 3. The molecule has 1 unspecified atom stereocenters. The molecule has 0 heterocycles. The third kappa shape index (κ3) is 8.39. The van der Waals surface area contributed by atoms with E-state index in [1.54, 1.807) is 0 Å². The Balaban J connectivity index is 4.15. The van der Waals surface area contributed by atoms with Gasteiger partial charge in [-0.05, 0) is 45.8 Å². The van der Waals surface area contributed by atoms with Crippen LogP contribution in [-0.2, 0) is 0 Å². The number of rotatable bonds is 8. The minimum atomic E-state index is 0.392. The number of nitrogens with zero attached hydrogens (tertiary/aromatic N) is 2. The summed E-state index contributed by atoms with van der Waals surface area (Å²) in [5.74, 6) is 0. The van der Waals surface area contributed by atoms with Crippen LogP contribution < -0.4 is 5.32 Å². The van der Waals surface area contributed by atoms with Crippen molar-refractivity contribution >= 4 is 12.1 Å². The minimum Gasteiger partial charge on any atom is -0.387 e. The van der Waals surface area contributed by atoms with Crippen molar-refractivity contribution in [1.29, 1.82) is 5.41 Å². The van der Waals surface area contributed by atoms with Gasteiger partial charge >= 0.3 is 0 Å². The topological polar surface area (TPSA) is 51.5 Å². The lowest BCUT2D eigenvalue weighted by Crippen LogP contribution is -2.34. The van der Waals surface area contributed by atoms with Crippen LogP contribution in [-0.4, -0.2) is 43.1 Å². The number of nitrogens with one attached hydrogen (secondary N) is 2. The molecule has 1 atom stereocenters. The van der Waals surface area contributed by atoms with Crippen molar-refractivity contribution in [3.8, 4) is 0 Å². The van der Waals surface area contributed by atoms with E-state index in [9.17, 15) is 0 Å². The van der Waals surface area contributed by atoms with Gasteiger partial charge in [0.1, 0.15) is 6.34 Å². The lowest BCUT2D eigenvalue weighted by Gasteiger charge is -2.19. The Hall–Kier alpha value is -1.42. The Kier molecular flexibility index (Phi) is 8.96. The lowest BCUT2D eigenvalue weighted by molar-refractivity contribution is 0.321. The normalized spacial score (nSPS) is 14.8. The highest BCUT2D eigenvalue weighted by Crippen LogP contribution is 1.89. The van der Waals surface area contributed by atoms with Gasteiger partial charge in [0.25, 0.3) is 0 Å². The fourth-order valence-electron chi connectivity index (χ4n) is 1.33. The zero-order valence-corrected chi connectivity index (χ0v) is 11.3. The van der Waals surface area contributed by atoms with Crippen molar-refractivity contribution in [3.63, 3.8) is 0 Å². The largest absolute Gasteiger partial charge is 0.387 e. The zero-order valence-electron chi connectivity index (χ0n) is 11.3. The van der Waals surface area contributed by atoms with Gasteiger partial charge in [0.05, 0.1) is 5.71 Å². The van der Waals surface area contributed by atoms with Gasteiger partial charge in [-0.15, -0.1) is 0 Å². The molecule has 17 heavy (non-hydrogen) atoms. The van der Waals surface area contributed by atoms with Gasteiger partial charge in [-0.3, -0.25) is 5.41 Å². The first-order chi connectivity index (χ1) is 8.13. The van der Waals surface area contributed by atoms with Crippen molar-refractivity contribution < 1.29 is 0 Å². The molecule has 0 amide bonds. The molecule has 0 spiro atoms. The Morgan fingerprint density at radius 3 is 2.71 bits per heavy atom. The molecule has 0 aliphatic rings. The molecule has 0 aromatic rings. The molecule has 0 aromatic heterocycles. The zero-order chi connectivity index (χ0) is 13.1. The van der Waals surface area contributed by atoms with E-state index in [2.05, 4.69) is 36.1 Å². The van der Waals surface area contributed by atoms with Gasteiger partial charge < -0.3 is 10.2 Å². The van der Waals surface area contributed by atoms with E-state index in [0.717, 1.165) is 25.1 Å². The quantitative estimate of drug-likeness (QED) is 0.500. The van der Waals surface area contributed by atoms with E-state index in [1.807, 2.05) is 31.4 Å². The lowest BCUT2D eigenvalue weighted by atomic mass is 10.3. The van der Waals surface area contributed by atoms with Crippen LogP contribution in [0.3, 0.4) is 0 Å². The summed E-state index contributed by atoms with van der Waals surface area (Å²) in [6, 6.07) is 0.392. The summed E-state index contributed by atoms with van der Waals surface area (Å²) in [5.41, 5.74) is 0.769. The molecule has 0 radical (unpaired) electrons. The second kappa shape index (κ2) is 9.78. The van der Waals surface area contributed by atoms with Crippen LogP contribution in [0.1, 0.15) is 20.8 Å². The van der Waals surface area contributed by atoms with E-state index >= 15 is 0 Å². The molecule has 0 bridgehead atoms.